The van der Waals surface area contributed by atoms with Crippen molar-refractivity contribution in [2.75, 3.05) is 13.7 Å². The Morgan fingerprint density at radius 3 is 2.55 bits per heavy atom. The number of benzene rings is 2. The van der Waals surface area contributed by atoms with Crippen LogP contribution in [-0.4, -0.2) is 24.8 Å². The normalized spacial score (nSPS) is 22.9. The zero-order valence-corrected chi connectivity index (χ0v) is 12.4. The van der Waals surface area contributed by atoms with E-state index in [2.05, 4.69) is 0 Å². The molecule has 0 aliphatic heterocycles. The Balaban J connectivity index is 1.79. The van der Waals surface area contributed by atoms with Crippen LogP contribution >= 0.6 is 0 Å². The molecular weight excluding hydrogens is 280 g/mol. The molecule has 4 nitrogen and oxygen atoms in total. The lowest BCUT2D eigenvalue weighted by Gasteiger charge is -2.18. The maximum Gasteiger partial charge on any atom is 0.307 e. The average Bonchev–Trinajstić information content (AvgIpc) is 3.30. The summed E-state index contributed by atoms with van der Waals surface area (Å²) in [6.07, 6.45) is 0.607. The quantitative estimate of drug-likeness (QED) is 0.890. The van der Waals surface area contributed by atoms with Gasteiger partial charge in [0.15, 0.2) is 0 Å². The lowest BCUT2D eigenvalue weighted by atomic mass is 9.94. The standard InChI is InChI=1S/C18H18O4/c1-21-14-8-5-9-15(10-14)22-12-18(11-16(18)17(19)20)13-6-3-2-4-7-13/h2-10,16H,11-12H2,1H3,(H,19,20). The largest absolute Gasteiger partial charge is 0.497 e. The van der Waals surface area contributed by atoms with Crippen molar-refractivity contribution < 1.29 is 19.4 Å². The second-order valence-electron chi connectivity index (χ2n) is 5.58. The highest BCUT2D eigenvalue weighted by Gasteiger charge is 2.60. The van der Waals surface area contributed by atoms with Gasteiger partial charge in [-0.2, -0.15) is 0 Å². The molecule has 1 aliphatic rings. The Morgan fingerprint density at radius 1 is 1.18 bits per heavy atom. The van der Waals surface area contributed by atoms with Gasteiger partial charge in [-0.25, -0.2) is 0 Å². The lowest BCUT2D eigenvalue weighted by Crippen LogP contribution is -2.23. The van der Waals surface area contributed by atoms with Crippen molar-refractivity contribution in [3.63, 3.8) is 0 Å². The number of carbonyl (C=O) groups is 1. The van der Waals surface area contributed by atoms with E-state index in [1.54, 1.807) is 13.2 Å². The van der Waals surface area contributed by atoms with Crippen molar-refractivity contribution in [2.24, 2.45) is 5.92 Å². The number of hydrogen-bond acceptors (Lipinski definition) is 3. The molecule has 0 aromatic heterocycles. The highest BCUT2D eigenvalue weighted by molar-refractivity contribution is 5.77. The third-order valence-electron chi connectivity index (χ3n) is 4.26. The van der Waals surface area contributed by atoms with Crippen molar-refractivity contribution in [3.8, 4) is 11.5 Å². The first kappa shape index (κ1) is 14.4. The van der Waals surface area contributed by atoms with Gasteiger partial charge in [0.2, 0.25) is 0 Å². The van der Waals surface area contributed by atoms with Crippen LogP contribution in [0.25, 0.3) is 0 Å². The minimum Gasteiger partial charge on any atom is -0.497 e. The predicted molar refractivity (Wildman–Crippen MR) is 82.4 cm³/mol. The molecule has 2 aromatic rings. The van der Waals surface area contributed by atoms with Crippen molar-refractivity contribution in [3.05, 3.63) is 60.2 Å². The summed E-state index contributed by atoms with van der Waals surface area (Å²) in [6.45, 7) is 0.348. The van der Waals surface area contributed by atoms with Gasteiger partial charge in [0.05, 0.1) is 19.6 Å². The first-order valence-corrected chi connectivity index (χ1v) is 7.21. The fourth-order valence-corrected chi connectivity index (χ4v) is 2.86. The highest BCUT2D eigenvalue weighted by Crippen LogP contribution is 2.54. The molecule has 1 fully saturated rings. The van der Waals surface area contributed by atoms with Gasteiger partial charge in [-0.1, -0.05) is 36.4 Å². The minimum absolute atomic E-state index is 0.348. The fraction of sp³-hybridized carbons (Fsp3) is 0.278. The van der Waals surface area contributed by atoms with Gasteiger partial charge in [-0.05, 0) is 24.1 Å². The molecule has 2 aromatic carbocycles. The van der Waals surface area contributed by atoms with E-state index in [1.165, 1.54) is 0 Å². The summed E-state index contributed by atoms with van der Waals surface area (Å²) < 4.78 is 11.0. The molecule has 3 rings (SSSR count). The lowest BCUT2D eigenvalue weighted by molar-refractivity contribution is -0.139. The van der Waals surface area contributed by atoms with Crippen LogP contribution in [0.15, 0.2) is 54.6 Å². The van der Waals surface area contributed by atoms with Gasteiger partial charge in [0.25, 0.3) is 0 Å². The summed E-state index contributed by atoms with van der Waals surface area (Å²) in [5, 5.41) is 9.35. The monoisotopic (exact) mass is 298 g/mol. The number of aliphatic carboxylic acids is 1. The topological polar surface area (TPSA) is 55.8 Å². The Kier molecular flexibility index (Phi) is 3.75. The van der Waals surface area contributed by atoms with E-state index in [1.807, 2.05) is 48.5 Å². The summed E-state index contributed by atoms with van der Waals surface area (Å²) in [5.74, 6) is 0.251. The maximum absolute atomic E-state index is 11.4. The molecule has 4 heteroatoms. The van der Waals surface area contributed by atoms with Crippen LogP contribution in [0.1, 0.15) is 12.0 Å². The van der Waals surface area contributed by atoms with Gasteiger partial charge in [0.1, 0.15) is 11.5 Å². The van der Waals surface area contributed by atoms with Gasteiger partial charge in [-0.15, -0.1) is 0 Å². The maximum atomic E-state index is 11.4. The van der Waals surface area contributed by atoms with Gasteiger partial charge < -0.3 is 14.6 Å². The molecule has 114 valence electrons. The second kappa shape index (κ2) is 5.72. The first-order valence-electron chi connectivity index (χ1n) is 7.21. The summed E-state index contributed by atoms with van der Waals surface area (Å²) in [7, 11) is 1.60. The summed E-state index contributed by atoms with van der Waals surface area (Å²) in [4.78, 5) is 11.4. The number of carboxylic acid groups (broad SMARTS) is 1. The second-order valence-corrected chi connectivity index (χ2v) is 5.58. The Hall–Kier alpha value is -2.49. The smallest absolute Gasteiger partial charge is 0.307 e. The van der Waals surface area contributed by atoms with Gasteiger partial charge in [0, 0.05) is 11.5 Å². The van der Waals surface area contributed by atoms with Crippen LogP contribution in [0.4, 0.5) is 0 Å². The molecule has 0 saturated heterocycles. The molecule has 2 unspecified atom stereocenters. The van der Waals surface area contributed by atoms with E-state index in [4.69, 9.17) is 9.47 Å². The van der Waals surface area contributed by atoms with Crippen LogP contribution in [-0.2, 0) is 10.2 Å². The third-order valence-corrected chi connectivity index (χ3v) is 4.26. The fourth-order valence-electron chi connectivity index (χ4n) is 2.86. The molecule has 1 N–H and O–H groups in total. The average molecular weight is 298 g/mol. The molecule has 2 atom stereocenters. The van der Waals surface area contributed by atoms with Crippen molar-refractivity contribution in [1.82, 2.24) is 0 Å². The van der Waals surface area contributed by atoms with Gasteiger partial charge in [-0.3, -0.25) is 4.79 Å². The summed E-state index contributed by atoms with van der Waals surface area (Å²) in [6, 6.07) is 17.1. The van der Waals surface area contributed by atoms with Gasteiger partial charge >= 0.3 is 5.97 Å². The van der Waals surface area contributed by atoms with E-state index in [0.29, 0.717) is 18.8 Å². The van der Waals surface area contributed by atoms with E-state index in [9.17, 15) is 9.90 Å². The van der Waals surface area contributed by atoms with Crippen molar-refractivity contribution in [2.45, 2.75) is 11.8 Å². The molecular formula is C18H18O4. The van der Waals surface area contributed by atoms with Crippen LogP contribution < -0.4 is 9.47 Å². The molecule has 0 radical (unpaired) electrons. The number of methoxy groups -OCH3 is 1. The molecule has 1 aliphatic carbocycles. The predicted octanol–water partition coefficient (Wildman–Crippen LogP) is 3.12. The number of rotatable bonds is 6. The zero-order chi connectivity index (χ0) is 15.6. The molecule has 22 heavy (non-hydrogen) atoms. The molecule has 0 heterocycles. The molecule has 0 spiro atoms. The van der Waals surface area contributed by atoms with E-state index in [-0.39, 0.29) is 5.92 Å². The Morgan fingerprint density at radius 2 is 1.91 bits per heavy atom. The molecule has 0 bridgehead atoms. The van der Waals surface area contributed by atoms with Crippen LogP contribution in [0.2, 0.25) is 0 Å². The van der Waals surface area contributed by atoms with E-state index in [0.717, 1.165) is 11.3 Å². The third kappa shape index (κ3) is 2.64. The number of ether oxygens (including phenoxy) is 2. The molecule has 0 amide bonds. The SMILES string of the molecule is COc1cccc(OCC2(c3ccccc3)CC2C(=O)O)c1. The van der Waals surface area contributed by atoms with Crippen LogP contribution in [0, 0.1) is 5.92 Å². The number of carboxylic acids is 1. The Bertz CT molecular complexity index is 668. The van der Waals surface area contributed by atoms with Crippen LogP contribution in [0.3, 0.4) is 0 Å². The summed E-state index contributed by atoms with van der Waals surface area (Å²) >= 11 is 0. The van der Waals surface area contributed by atoms with E-state index >= 15 is 0 Å². The van der Waals surface area contributed by atoms with Crippen molar-refractivity contribution in [1.29, 1.82) is 0 Å². The first-order chi connectivity index (χ1) is 10.7. The number of hydrogen-bond donors (Lipinski definition) is 1. The Labute approximate surface area is 129 Å². The van der Waals surface area contributed by atoms with Crippen LogP contribution in [0.5, 0.6) is 11.5 Å². The summed E-state index contributed by atoms with van der Waals surface area (Å²) in [5.41, 5.74) is 0.584. The minimum atomic E-state index is -0.766. The van der Waals surface area contributed by atoms with Crippen molar-refractivity contribution >= 4 is 5.97 Å². The molecule has 1 saturated carbocycles. The highest BCUT2D eigenvalue weighted by atomic mass is 16.5. The van der Waals surface area contributed by atoms with E-state index < -0.39 is 11.4 Å². The zero-order valence-electron chi connectivity index (χ0n) is 12.4.